The van der Waals surface area contributed by atoms with Gasteiger partial charge in [-0.1, -0.05) is 0 Å². The molecule has 0 aliphatic carbocycles. The second-order valence-corrected chi connectivity index (χ2v) is 7.94. The topological polar surface area (TPSA) is 87.3 Å². The summed E-state index contributed by atoms with van der Waals surface area (Å²) in [6, 6.07) is 9.89. The van der Waals surface area contributed by atoms with Gasteiger partial charge < -0.3 is 10.6 Å². The SMILES string of the molecule is Cc1cc(S(=O)(=O)Nc2ccc(C(=O)NC3CCNC3)cc2)ccc1F. The molecule has 0 saturated carbocycles. The Morgan fingerprint density at radius 3 is 2.54 bits per heavy atom. The van der Waals surface area contributed by atoms with Crippen LogP contribution in [0.5, 0.6) is 0 Å². The van der Waals surface area contributed by atoms with Crippen LogP contribution in [-0.2, 0) is 10.0 Å². The Labute approximate surface area is 151 Å². The van der Waals surface area contributed by atoms with E-state index < -0.39 is 15.8 Å². The molecule has 6 nitrogen and oxygen atoms in total. The van der Waals surface area contributed by atoms with Crippen LogP contribution in [0.2, 0.25) is 0 Å². The summed E-state index contributed by atoms with van der Waals surface area (Å²) >= 11 is 0. The molecule has 3 N–H and O–H groups in total. The minimum Gasteiger partial charge on any atom is -0.348 e. The highest BCUT2D eigenvalue weighted by atomic mass is 32.2. The van der Waals surface area contributed by atoms with Gasteiger partial charge in [-0.05, 0) is 67.9 Å². The molecule has 1 saturated heterocycles. The number of carbonyl (C=O) groups is 1. The molecule has 2 aromatic carbocycles. The molecule has 0 radical (unpaired) electrons. The van der Waals surface area contributed by atoms with Gasteiger partial charge in [0.05, 0.1) is 4.90 Å². The molecule has 138 valence electrons. The number of sulfonamides is 1. The standard InChI is InChI=1S/C18H20FN3O3S/c1-12-10-16(6-7-17(12)19)26(24,25)22-14-4-2-13(3-5-14)18(23)21-15-8-9-20-11-15/h2-7,10,15,20,22H,8-9,11H2,1H3,(H,21,23). The predicted molar refractivity (Wildman–Crippen MR) is 97.1 cm³/mol. The highest BCUT2D eigenvalue weighted by Gasteiger charge is 2.18. The second-order valence-electron chi connectivity index (χ2n) is 6.26. The minimum absolute atomic E-state index is 0.0213. The van der Waals surface area contributed by atoms with Crippen molar-refractivity contribution in [2.45, 2.75) is 24.3 Å². The highest BCUT2D eigenvalue weighted by molar-refractivity contribution is 7.92. The van der Waals surface area contributed by atoms with Crippen LogP contribution in [-0.4, -0.2) is 33.5 Å². The number of aryl methyl sites for hydroxylation is 1. The molecular formula is C18H20FN3O3S. The van der Waals surface area contributed by atoms with Gasteiger partial charge in [0.2, 0.25) is 0 Å². The normalized spacial score (nSPS) is 17.1. The van der Waals surface area contributed by atoms with Gasteiger partial charge >= 0.3 is 0 Å². The van der Waals surface area contributed by atoms with Crippen molar-refractivity contribution in [1.29, 1.82) is 0 Å². The Morgan fingerprint density at radius 2 is 1.92 bits per heavy atom. The number of anilines is 1. The molecule has 1 aliphatic rings. The molecule has 2 aromatic rings. The first kappa shape index (κ1) is 18.3. The summed E-state index contributed by atoms with van der Waals surface area (Å²) in [6.45, 7) is 3.14. The fraction of sp³-hybridized carbons (Fsp3) is 0.278. The number of hydrogen-bond acceptors (Lipinski definition) is 4. The van der Waals surface area contributed by atoms with Crippen LogP contribution in [0.15, 0.2) is 47.4 Å². The summed E-state index contributed by atoms with van der Waals surface area (Å²) in [5.41, 5.74) is 1.03. The maximum absolute atomic E-state index is 13.3. The lowest BCUT2D eigenvalue weighted by molar-refractivity contribution is 0.0940. The molecule has 3 rings (SSSR count). The summed E-state index contributed by atoms with van der Waals surface area (Å²) in [5, 5.41) is 6.10. The van der Waals surface area contributed by atoms with Crippen LogP contribution >= 0.6 is 0 Å². The van der Waals surface area contributed by atoms with E-state index in [1.165, 1.54) is 31.2 Å². The van der Waals surface area contributed by atoms with Gasteiger partial charge in [-0.25, -0.2) is 12.8 Å². The second kappa shape index (κ2) is 7.43. The molecule has 1 amide bonds. The molecule has 0 aromatic heterocycles. The van der Waals surface area contributed by atoms with Crippen molar-refractivity contribution in [3.8, 4) is 0 Å². The summed E-state index contributed by atoms with van der Waals surface area (Å²) in [5.74, 6) is -0.654. The van der Waals surface area contributed by atoms with Gasteiger partial charge in [0.25, 0.3) is 15.9 Å². The molecular weight excluding hydrogens is 357 g/mol. The maximum atomic E-state index is 13.3. The summed E-state index contributed by atoms with van der Waals surface area (Å²) in [4.78, 5) is 12.2. The third-order valence-electron chi connectivity index (χ3n) is 4.23. The zero-order valence-electron chi connectivity index (χ0n) is 14.3. The van der Waals surface area contributed by atoms with E-state index in [1.807, 2.05) is 0 Å². The summed E-state index contributed by atoms with van der Waals surface area (Å²) < 4.78 is 40.5. The number of rotatable bonds is 5. The molecule has 1 aliphatic heterocycles. The van der Waals surface area contributed by atoms with Crippen molar-refractivity contribution in [3.05, 3.63) is 59.4 Å². The Kier molecular flexibility index (Phi) is 5.24. The van der Waals surface area contributed by atoms with Gasteiger partial charge in [-0.15, -0.1) is 0 Å². The van der Waals surface area contributed by atoms with E-state index in [4.69, 9.17) is 0 Å². The Hall–Kier alpha value is -2.45. The smallest absolute Gasteiger partial charge is 0.261 e. The monoisotopic (exact) mass is 377 g/mol. The first-order chi connectivity index (χ1) is 12.3. The van der Waals surface area contributed by atoms with E-state index in [9.17, 15) is 17.6 Å². The van der Waals surface area contributed by atoms with Crippen molar-refractivity contribution >= 4 is 21.6 Å². The molecule has 0 bridgehead atoms. The van der Waals surface area contributed by atoms with Crippen molar-refractivity contribution in [1.82, 2.24) is 10.6 Å². The molecule has 8 heteroatoms. The Morgan fingerprint density at radius 1 is 1.19 bits per heavy atom. The zero-order chi connectivity index (χ0) is 18.7. The lowest BCUT2D eigenvalue weighted by atomic mass is 10.1. The highest BCUT2D eigenvalue weighted by Crippen LogP contribution is 2.19. The number of nitrogens with one attached hydrogen (secondary N) is 3. The van der Waals surface area contributed by atoms with E-state index in [-0.39, 0.29) is 22.4 Å². The van der Waals surface area contributed by atoms with Crippen LogP contribution < -0.4 is 15.4 Å². The zero-order valence-corrected chi connectivity index (χ0v) is 15.1. The quantitative estimate of drug-likeness (QED) is 0.744. The summed E-state index contributed by atoms with van der Waals surface area (Å²) in [7, 11) is -3.83. The van der Waals surface area contributed by atoms with Crippen LogP contribution in [0, 0.1) is 12.7 Å². The van der Waals surface area contributed by atoms with Gasteiger partial charge in [-0.3, -0.25) is 9.52 Å². The Bertz CT molecular complexity index is 908. The van der Waals surface area contributed by atoms with Crippen LogP contribution in [0.3, 0.4) is 0 Å². The molecule has 1 atom stereocenters. The number of hydrogen-bond donors (Lipinski definition) is 3. The van der Waals surface area contributed by atoms with Crippen molar-refractivity contribution in [2.75, 3.05) is 17.8 Å². The van der Waals surface area contributed by atoms with Crippen molar-refractivity contribution in [3.63, 3.8) is 0 Å². The van der Waals surface area contributed by atoms with Crippen LogP contribution in [0.4, 0.5) is 10.1 Å². The van der Waals surface area contributed by atoms with E-state index in [0.717, 1.165) is 25.6 Å². The fourth-order valence-corrected chi connectivity index (χ4v) is 3.88. The van der Waals surface area contributed by atoms with E-state index in [1.54, 1.807) is 12.1 Å². The third-order valence-corrected chi connectivity index (χ3v) is 5.61. The average molecular weight is 377 g/mol. The number of halogens is 1. The molecule has 1 heterocycles. The van der Waals surface area contributed by atoms with Gasteiger partial charge in [-0.2, -0.15) is 0 Å². The molecule has 26 heavy (non-hydrogen) atoms. The van der Waals surface area contributed by atoms with Gasteiger partial charge in [0, 0.05) is 23.8 Å². The third kappa shape index (κ3) is 4.20. The van der Waals surface area contributed by atoms with Gasteiger partial charge in [0.15, 0.2) is 0 Å². The van der Waals surface area contributed by atoms with Crippen LogP contribution in [0.25, 0.3) is 0 Å². The average Bonchev–Trinajstić information content (AvgIpc) is 3.10. The fourth-order valence-electron chi connectivity index (χ4n) is 2.73. The molecule has 1 unspecified atom stereocenters. The molecule has 0 spiro atoms. The minimum atomic E-state index is -3.83. The van der Waals surface area contributed by atoms with Crippen molar-refractivity contribution < 1.29 is 17.6 Å². The Balaban J connectivity index is 1.69. The number of amides is 1. The first-order valence-corrected chi connectivity index (χ1v) is 9.74. The van der Waals surface area contributed by atoms with Crippen LogP contribution in [0.1, 0.15) is 22.3 Å². The maximum Gasteiger partial charge on any atom is 0.261 e. The predicted octanol–water partition coefficient (Wildman–Crippen LogP) is 2.03. The van der Waals surface area contributed by atoms with Crippen molar-refractivity contribution in [2.24, 2.45) is 0 Å². The first-order valence-electron chi connectivity index (χ1n) is 8.26. The van der Waals surface area contributed by atoms with E-state index >= 15 is 0 Å². The van der Waals surface area contributed by atoms with E-state index in [0.29, 0.717) is 11.3 Å². The van der Waals surface area contributed by atoms with Gasteiger partial charge in [0.1, 0.15) is 5.82 Å². The molecule has 1 fully saturated rings. The van der Waals surface area contributed by atoms with E-state index in [2.05, 4.69) is 15.4 Å². The number of benzene rings is 2. The lowest BCUT2D eigenvalue weighted by Gasteiger charge is -2.12. The summed E-state index contributed by atoms with van der Waals surface area (Å²) in [6.07, 6.45) is 0.890. The number of carbonyl (C=O) groups excluding carboxylic acids is 1. The lowest BCUT2D eigenvalue weighted by Crippen LogP contribution is -2.36. The largest absolute Gasteiger partial charge is 0.348 e.